The van der Waals surface area contributed by atoms with Gasteiger partial charge in [0.1, 0.15) is 12.4 Å². The fourth-order valence-corrected chi connectivity index (χ4v) is 2.65. The van der Waals surface area contributed by atoms with E-state index in [1.807, 2.05) is 47.2 Å². The van der Waals surface area contributed by atoms with E-state index in [0.717, 1.165) is 55.8 Å². The molecule has 26 heavy (non-hydrogen) atoms. The van der Waals surface area contributed by atoms with E-state index in [9.17, 15) is 0 Å². The summed E-state index contributed by atoms with van der Waals surface area (Å²) in [6.07, 6.45) is 8.00. The number of nitrogens with one attached hydrogen (secondary N) is 2. The first-order chi connectivity index (χ1) is 12.2. The van der Waals surface area contributed by atoms with E-state index in [4.69, 9.17) is 0 Å². The highest BCUT2D eigenvalue weighted by atomic mass is 127. The molecule has 146 valence electrons. The average Bonchev–Trinajstić information content (AvgIpc) is 3.24. The Labute approximate surface area is 176 Å². The van der Waals surface area contributed by atoms with Gasteiger partial charge in [0.15, 0.2) is 11.8 Å². The summed E-state index contributed by atoms with van der Waals surface area (Å²) in [5, 5.41) is 19.2. The largest absolute Gasteiger partial charge is 0.356 e. The summed E-state index contributed by atoms with van der Waals surface area (Å²) in [6.45, 7) is 5.08. The molecule has 0 radical (unpaired) electrons. The van der Waals surface area contributed by atoms with Gasteiger partial charge in [-0.25, -0.2) is 4.99 Å². The minimum atomic E-state index is 0. The van der Waals surface area contributed by atoms with Crippen LogP contribution in [0.15, 0.2) is 23.5 Å². The summed E-state index contributed by atoms with van der Waals surface area (Å²) in [5.41, 5.74) is 0. The molecular formula is C16H29IN8S. The van der Waals surface area contributed by atoms with Crippen molar-refractivity contribution in [1.29, 1.82) is 0 Å². The zero-order valence-electron chi connectivity index (χ0n) is 15.7. The zero-order valence-corrected chi connectivity index (χ0v) is 18.8. The Morgan fingerprint density at radius 1 is 1.23 bits per heavy atom. The van der Waals surface area contributed by atoms with Gasteiger partial charge in [0.05, 0.1) is 0 Å². The highest BCUT2D eigenvalue weighted by Gasteiger charge is 2.05. The monoisotopic (exact) mass is 492 g/mol. The van der Waals surface area contributed by atoms with Gasteiger partial charge in [0, 0.05) is 39.1 Å². The molecule has 10 heteroatoms. The van der Waals surface area contributed by atoms with E-state index in [-0.39, 0.29) is 24.0 Å². The van der Waals surface area contributed by atoms with Gasteiger partial charge in [-0.1, -0.05) is 0 Å². The summed E-state index contributed by atoms with van der Waals surface area (Å²) in [5.74, 6) is 3.72. The summed E-state index contributed by atoms with van der Waals surface area (Å²) >= 11 is 1.86. The smallest absolute Gasteiger partial charge is 0.191 e. The highest BCUT2D eigenvalue weighted by Crippen LogP contribution is 1.99. The predicted molar refractivity (Wildman–Crippen MR) is 118 cm³/mol. The van der Waals surface area contributed by atoms with Gasteiger partial charge in [0.25, 0.3) is 0 Å². The molecule has 2 N–H and O–H groups in total. The van der Waals surface area contributed by atoms with Crippen molar-refractivity contribution < 1.29 is 0 Å². The number of aromatic nitrogens is 5. The van der Waals surface area contributed by atoms with Gasteiger partial charge in [-0.15, -0.1) is 34.2 Å². The topological polar surface area (TPSA) is 85.0 Å². The van der Waals surface area contributed by atoms with Crippen molar-refractivity contribution in [3.63, 3.8) is 0 Å². The van der Waals surface area contributed by atoms with Crippen LogP contribution in [0.2, 0.25) is 0 Å². The Balaban J connectivity index is 0.00000338. The molecule has 0 bridgehead atoms. The molecule has 2 aromatic rings. The normalized spacial score (nSPS) is 11.3. The number of halogens is 1. The first-order valence-electron chi connectivity index (χ1n) is 8.54. The molecular weight excluding hydrogens is 463 g/mol. The Kier molecular flexibility index (Phi) is 11.3. The van der Waals surface area contributed by atoms with E-state index in [2.05, 4.69) is 37.2 Å². The molecule has 0 fully saturated rings. The first-order valence-corrected chi connectivity index (χ1v) is 9.93. The van der Waals surface area contributed by atoms with Crippen LogP contribution >= 0.6 is 35.7 Å². The molecule has 0 atom stereocenters. The number of hydrogen-bond acceptors (Lipinski definition) is 5. The van der Waals surface area contributed by atoms with Crippen molar-refractivity contribution in [3.8, 4) is 0 Å². The summed E-state index contributed by atoms with van der Waals surface area (Å²) in [4.78, 5) is 4.64. The Morgan fingerprint density at radius 3 is 2.62 bits per heavy atom. The van der Waals surface area contributed by atoms with Gasteiger partial charge in [-0.3, -0.25) is 4.68 Å². The van der Waals surface area contributed by atoms with Crippen molar-refractivity contribution in [2.45, 2.75) is 32.9 Å². The van der Waals surface area contributed by atoms with Crippen LogP contribution in [0.4, 0.5) is 0 Å². The Morgan fingerprint density at radius 2 is 2.00 bits per heavy atom. The van der Waals surface area contributed by atoms with E-state index in [0.29, 0.717) is 6.54 Å². The summed E-state index contributed by atoms with van der Waals surface area (Å²) in [7, 11) is 1.96. The van der Waals surface area contributed by atoms with E-state index < -0.39 is 0 Å². The molecule has 0 aliphatic heterocycles. The molecule has 2 rings (SSSR count). The molecule has 0 saturated carbocycles. The van der Waals surface area contributed by atoms with E-state index in [1.54, 1.807) is 6.20 Å². The van der Waals surface area contributed by atoms with Crippen LogP contribution in [0.3, 0.4) is 0 Å². The second kappa shape index (κ2) is 13.0. The third-order valence-electron chi connectivity index (χ3n) is 3.79. The van der Waals surface area contributed by atoms with Crippen molar-refractivity contribution in [2.75, 3.05) is 25.1 Å². The minimum absolute atomic E-state index is 0. The molecule has 2 aromatic heterocycles. The lowest BCUT2D eigenvalue weighted by atomic mass is 10.4. The Hall–Kier alpha value is -1.30. The minimum Gasteiger partial charge on any atom is -0.356 e. The summed E-state index contributed by atoms with van der Waals surface area (Å²) < 4.78 is 3.90. The van der Waals surface area contributed by atoms with Crippen LogP contribution < -0.4 is 10.6 Å². The predicted octanol–water partition coefficient (Wildman–Crippen LogP) is 1.82. The lowest BCUT2D eigenvalue weighted by molar-refractivity contribution is 0.569. The number of guanidine groups is 1. The lowest BCUT2D eigenvalue weighted by Crippen LogP contribution is -2.39. The van der Waals surface area contributed by atoms with Gasteiger partial charge in [0.2, 0.25) is 0 Å². The van der Waals surface area contributed by atoms with Gasteiger partial charge >= 0.3 is 0 Å². The van der Waals surface area contributed by atoms with Crippen LogP contribution in [0, 0.1) is 6.92 Å². The quantitative estimate of drug-likeness (QED) is 0.228. The second-order valence-electron chi connectivity index (χ2n) is 5.71. The van der Waals surface area contributed by atoms with Gasteiger partial charge in [-0.2, -0.15) is 16.9 Å². The molecule has 0 aliphatic carbocycles. The summed E-state index contributed by atoms with van der Waals surface area (Å²) in [6, 6.07) is 1.94. The van der Waals surface area contributed by atoms with Crippen LogP contribution in [-0.4, -0.2) is 55.6 Å². The third-order valence-corrected chi connectivity index (χ3v) is 4.49. The standard InChI is InChI=1S/C16H28N8S.HI/c1-14-21-22-15(23(14)2)13-19-16(18-8-6-12-25-3)17-7-4-10-24-11-5-9-20-24;/h5,9,11H,4,6-8,10,12-13H2,1-3H3,(H2,17,18,19);1H. The zero-order chi connectivity index (χ0) is 17.9. The fourth-order valence-electron chi connectivity index (χ4n) is 2.22. The average molecular weight is 492 g/mol. The second-order valence-corrected chi connectivity index (χ2v) is 6.70. The van der Waals surface area contributed by atoms with Crippen molar-refractivity contribution in [3.05, 3.63) is 30.1 Å². The van der Waals surface area contributed by atoms with Gasteiger partial charge in [-0.05, 0) is 37.8 Å². The molecule has 8 nitrogen and oxygen atoms in total. The van der Waals surface area contributed by atoms with Crippen LogP contribution in [0.25, 0.3) is 0 Å². The SMILES string of the molecule is CSCCCNC(=NCc1nnc(C)n1C)NCCCn1cccn1.I. The van der Waals surface area contributed by atoms with E-state index >= 15 is 0 Å². The van der Waals surface area contributed by atoms with Crippen LogP contribution in [-0.2, 0) is 20.1 Å². The maximum absolute atomic E-state index is 4.64. The molecule has 2 heterocycles. The van der Waals surface area contributed by atoms with Gasteiger partial charge < -0.3 is 15.2 Å². The number of rotatable bonds is 10. The van der Waals surface area contributed by atoms with Crippen LogP contribution in [0.5, 0.6) is 0 Å². The molecule has 0 aliphatic rings. The fraction of sp³-hybridized carbons (Fsp3) is 0.625. The number of hydrogen-bond donors (Lipinski definition) is 2. The number of aliphatic imine (C=N–C) groups is 1. The third kappa shape index (κ3) is 7.94. The molecule has 0 aromatic carbocycles. The van der Waals surface area contributed by atoms with Crippen molar-refractivity contribution >= 4 is 41.7 Å². The molecule has 0 saturated heterocycles. The first kappa shape index (κ1) is 22.7. The van der Waals surface area contributed by atoms with Crippen LogP contribution in [0.1, 0.15) is 24.5 Å². The molecule has 0 amide bonds. The molecule has 0 unspecified atom stereocenters. The molecule has 0 spiro atoms. The van der Waals surface area contributed by atoms with E-state index in [1.165, 1.54) is 0 Å². The van der Waals surface area contributed by atoms with Crippen molar-refractivity contribution in [1.82, 2.24) is 35.2 Å². The highest BCUT2D eigenvalue weighted by molar-refractivity contribution is 14.0. The lowest BCUT2D eigenvalue weighted by Gasteiger charge is -2.12. The maximum Gasteiger partial charge on any atom is 0.191 e. The number of nitrogens with zero attached hydrogens (tertiary/aromatic N) is 6. The number of thioether (sulfide) groups is 1. The maximum atomic E-state index is 4.64. The van der Waals surface area contributed by atoms with Crippen molar-refractivity contribution in [2.24, 2.45) is 12.0 Å². The Bertz CT molecular complexity index is 641. The number of aryl methyl sites for hydroxylation is 2.